The van der Waals surface area contributed by atoms with E-state index in [1.54, 1.807) is 24.3 Å². The number of carbonyl (C=O) groups excluding carboxylic acids is 1. The van der Waals surface area contributed by atoms with Gasteiger partial charge in [-0.05, 0) is 24.3 Å². The van der Waals surface area contributed by atoms with Crippen LogP contribution in [0.5, 0.6) is 0 Å². The zero-order valence-corrected chi connectivity index (χ0v) is 13.9. The normalized spacial score (nSPS) is 12.0. The highest BCUT2D eigenvalue weighted by atomic mass is 32.2. The molecule has 0 radical (unpaired) electrons. The zero-order chi connectivity index (χ0) is 17.2. The molecule has 0 spiro atoms. The largest absolute Gasteiger partial charge is 0.550 e. The first kappa shape index (κ1) is 16.6. The quantitative estimate of drug-likeness (QED) is 0.601. The van der Waals surface area contributed by atoms with Crippen LogP contribution in [0, 0.1) is 0 Å². The van der Waals surface area contributed by atoms with E-state index in [0.717, 1.165) is 16.0 Å². The number of carbonyl (C=O) groups is 1. The average molecular weight is 366 g/mol. The van der Waals surface area contributed by atoms with Gasteiger partial charge in [0.25, 0.3) is 0 Å². The van der Waals surface area contributed by atoms with E-state index in [4.69, 9.17) is 4.42 Å². The first-order chi connectivity index (χ1) is 11.5. The minimum absolute atomic E-state index is 0.0151. The monoisotopic (exact) mass is 366 g/mol. The van der Waals surface area contributed by atoms with Gasteiger partial charge in [-0.3, -0.25) is 0 Å². The molecule has 2 aromatic heterocycles. The lowest BCUT2D eigenvalue weighted by molar-refractivity contribution is -0.305. The summed E-state index contributed by atoms with van der Waals surface area (Å²) in [5.74, 6) is -0.927. The molecule has 1 aromatic carbocycles. The molecule has 2 heterocycles. The van der Waals surface area contributed by atoms with Gasteiger partial charge in [-0.1, -0.05) is 6.07 Å². The van der Waals surface area contributed by atoms with Gasteiger partial charge < -0.3 is 14.3 Å². The Morgan fingerprint density at radius 3 is 2.79 bits per heavy atom. The minimum Gasteiger partial charge on any atom is -0.550 e. The van der Waals surface area contributed by atoms with Gasteiger partial charge in [0.2, 0.25) is 10.0 Å². The van der Waals surface area contributed by atoms with Gasteiger partial charge in [0.1, 0.15) is 21.7 Å². The molecule has 3 rings (SSSR count). The van der Waals surface area contributed by atoms with Gasteiger partial charge in [0, 0.05) is 18.9 Å². The van der Waals surface area contributed by atoms with Gasteiger partial charge in [-0.2, -0.15) is 13.1 Å². The first-order valence-corrected chi connectivity index (χ1v) is 9.09. The Bertz CT molecular complexity index is 950. The van der Waals surface area contributed by atoms with Crippen LogP contribution in [-0.4, -0.2) is 34.0 Å². The van der Waals surface area contributed by atoms with Crippen molar-refractivity contribution in [3.63, 3.8) is 0 Å². The third-order valence-electron chi connectivity index (χ3n) is 3.34. The molecule has 0 atom stereocenters. The van der Waals surface area contributed by atoms with Crippen LogP contribution in [0.1, 0.15) is 12.2 Å². The molecular weight excluding hydrogens is 354 g/mol. The summed E-state index contributed by atoms with van der Waals surface area (Å²) in [6.45, 7) is -0.324. The van der Waals surface area contributed by atoms with Crippen LogP contribution in [0.4, 0.5) is 0 Å². The summed E-state index contributed by atoms with van der Waals surface area (Å²) in [5, 5.41) is 10.8. The number of hydrogen-bond acceptors (Lipinski definition) is 8. The number of benzene rings is 1. The molecule has 0 aliphatic rings. The van der Waals surface area contributed by atoms with Crippen molar-refractivity contribution >= 4 is 38.8 Å². The van der Waals surface area contributed by atoms with Crippen LogP contribution in [0.15, 0.2) is 45.9 Å². The molecule has 10 heteroatoms. The highest BCUT2D eigenvalue weighted by molar-refractivity contribution is 7.89. The summed E-state index contributed by atoms with van der Waals surface area (Å²) in [4.78, 5) is 10.7. The standard InChI is InChI=1S/C14H13N3O5S2/c18-13(19)6-7-17(9-10-3-2-8-22-10)24(20,21)12-5-1-4-11-14(12)16-23-15-11/h1-5,8H,6-7,9H2,(H,18,19)/p-1. The van der Waals surface area contributed by atoms with Crippen LogP contribution >= 0.6 is 11.7 Å². The number of nitrogens with zero attached hydrogens (tertiary/aromatic N) is 3. The molecule has 0 N–H and O–H groups in total. The van der Waals surface area contributed by atoms with E-state index in [0.29, 0.717) is 11.3 Å². The summed E-state index contributed by atoms with van der Waals surface area (Å²) in [6.07, 6.45) is 0.995. The van der Waals surface area contributed by atoms with Crippen LogP contribution in [0.2, 0.25) is 0 Å². The third-order valence-corrected chi connectivity index (χ3v) is 5.76. The number of aliphatic carboxylic acids is 1. The van der Waals surface area contributed by atoms with Crippen molar-refractivity contribution < 1.29 is 22.7 Å². The number of carboxylic acids is 1. The SMILES string of the molecule is O=C([O-])CCN(Cc1ccco1)S(=O)(=O)c1cccc2nsnc12. The van der Waals surface area contributed by atoms with Crippen molar-refractivity contribution in [2.24, 2.45) is 0 Å². The van der Waals surface area contributed by atoms with Crippen LogP contribution in [0.3, 0.4) is 0 Å². The Kier molecular flexibility index (Phi) is 4.60. The lowest BCUT2D eigenvalue weighted by Gasteiger charge is -2.21. The number of carboxylic acid groups (broad SMARTS) is 1. The molecule has 0 amide bonds. The van der Waals surface area contributed by atoms with Crippen molar-refractivity contribution in [1.82, 2.24) is 13.1 Å². The van der Waals surface area contributed by atoms with Gasteiger partial charge in [0.15, 0.2) is 0 Å². The molecule has 0 aliphatic heterocycles. The number of aromatic nitrogens is 2. The molecule has 24 heavy (non-hydrogen) atoms. The first-order valence-electron chi connectivity index (χ1n) is 6.92. The topological polar surface area (TPSA) is 116 Å². The predicted octanol–water partition coefficient (Wildman–Crippen LogP) is 0.615. The van der Waals surface area contributed by atoms with E-state index in [9.17, 15) is 18.3 Å². The second-order valence-electron chi connectivity index (χ2n) is 4.93. The maximum absolute atomic E-state index is 13.0. The van der Waals surface area contributed by atoms with Crippen molar-refractivity contribution in [2.45, 2.75) is 17.9 Å². The van der Waals surface area contributed by atoms with E-state index < -0.39 is 22.4 Å². The summed E-state index contributed by atoms with van der Waals surface area (Å²) in [6, 6.07) is 7.90. The second kappa shape index (κ2) is 6.67. The highest BCUT2D eigenvalue weighted by Crippen LogP contribution is 2.25. The van der Waals surface area contributed by atoms with Gasteiger partial charge >= 0.3 is 0 Å². The second-order valence-corrected chi connectivity index (χ2v) is 7.36. The smallest absolute Gasteiger partial charge is 0.245 e. The van der Waals surface area contributed by atoms with Gasteiger partial charge in [0.05, 0.1) is 24.5 Å². The Balaban J connectivity index is 2.00. The fourth-order valence-corrected chi connectivity index (χ4v) is 4.36. The lowest BCUT2D eigenvalue weighted by Crippen LogP contribution is -2.35. The molecule has 126 valence electrons. The fourth-order valence-electron chi connectivity index (χ4n) is 2.21. The van der Waals surface area contributed by atoms with Crippen molar-refractivity contribution in [1.29, 1.82) is 0 Å². The minimum atomic E-state index is -3.98. The molecule has 0 saturated carbocycles. The predicted molar refractivity (Wildman–Crippen MR) is 83.3 cm³/mol. The Labute approximate surface area is 141 Å². The van der Waals surface area contributed by atoms with Crippen molar-refractivity contribution in [3.8, 4) is 0 Å². The van der Waals surface area contributed by atoms with E-state index in [2.05, 4.69) is 8.75 Å². The molecule has 0 fully saturated rings. The molecule has 0 unspecified atom stereocenters. The molecule has 0 bridgehead atoms. The van der Waals surface area contributed by atoms with Crippen LogP contribution < -0.4 is 5.11 Å². The van der Waals surface area contributed by atoms with Gasteiger partial charge in [-0.15, -0.1) is 0 Å². The van der Waals surface area contributed by atoms with E-state index in [-0.39, 0.29) is 23.5 Å². The highest BCUT2D eigenvalue weighted by Gasteiger charge is 2.28. The Hall–Kier alpha value is -2.30. The molecule has 8 nitrogen and oxygen atoms in total. The maximum Gasteiger partial charge on any atom is 0.245 e. The number of rotatable bonds is 7. The van der Waals surface area contributed by atoms with Gasteiger partial charge in [-0.25, -0.2) is 8.42 Å². The van der Waals surface area contributed by atoms with Crippen LogP contribution in [-0.2, 0) is 21.4 Å². The molecule has 0 aliphatic carbocycles. The van der Waals surface area contributed by atoms with Crippen molar-refractivity contribution in [3.05, 3.63) is 42.4 Å². The average Bonchev–Trinajstić information content (AvgIpc) is 3.21. The molecule has 0 saturated heterocycles. The maximum atomic E-state index is 13.0. The fraction of sp³-hybridized carbons (Fsp3) is 0.214. The summed E-state index contributed by atoms with van der Waals surface area (Å²) in [5.41, 5.74) is 0.735. The Morgan fingerprint density at radius 2 is 2.08 bits per heavy atom. The zero-order valence-electron chi connectivity index (χ0n) is 12.3. The van der Waals surface area contributed by atoms with Crippen molar-refractivity contribution in [2.75, 3.05) is 6.54 Å². The third kappa shape index (κ3) is 3.30. The number of sulfonamides is 1. The van der Waals surface area contributed by atoms with Crippen LogP contribution in [0.25, 0.3) is 11.0 Å². The number of hydrogen-bond donors (Lipinski definition) is 0. The summed E-state index contributed by atoms with van der Waals surface area (Å²) in [7, 11) is -3.98. The Morgan fingerprint density at radius 1 is 1.25 bits per heavy atom. The number of furan rings is 1. The molecule has 3 aromatic rings. The van der Waals surface area contributed by atoms with E-state index in [1.165, 1.54) is 12.3 Å². The summed E-state index contributed by atoms with van der Waals surface area (Å²) >= 11 is 0.913. The lowest BCUT2D eigenvalue weighted by atomic mass is 10.3. The molecular formula is C14H12N3O5S2-. The van der Waals surface area contributed by atoms with E-state index >= 15 is 0 Å². The summed E-state index contributed by atoms with van der Waals surface area (Å²) < 4.78 is 40.3. The van der Waals surface area contributed by atoms with E-state index in [1.807, 2.05) is 0 Å². The number of fused-ring (bicyclic) bond motifs is 1.